The monoisotopic (exact) mass is 270 g/mol. The van der Waals surface area contributed by atoms with Crippen LogP contribution in [0.4, 0.5) is 0 Å². The van der Waals surface area contributed by atoms with Gasteiger partial charge in [-0.2, -0.15) is 0 Å². The van der Waals surface area contributed by atoms with E-state index < -0.39 is 0 Å². The Morgan fingerprint density at radius 3 is 2.56 bits per heavy atom. The molecule has 0 bridgehead atoms. The fourth-order valence-corrected chi connectivity index (χ4v) is 2.14. The van der Waals surface area contributed by atoms with Gasteiger partial charge in [0.2, 0.25) is 0 Å². The van der Waals surface area contributed by atoms with Gasteiger partial charge in [0.05, 0.1) is 12.7 Å². The number of benzene rings is 1. The Morgan fingerprint density at radius 1 is 1.33 bits per heavy atom. The van der Waals surface area contributed by atoms with Crippen molar-refractivity contribution in [3.8, 4) is 0 Å². The SMILES string of the molecule is CC(C)OCCN(C)C(CN)c1ccccc1Cl. The quantitative estimate of drug-likeness (QED) is 0.828. The molecule has 0 aliphatic carbocycles. The maximum Gasteiger partial charge on any atom is 0.0597 e. The fourth-order valence-electron chi connectivity index (χ4n) is 1.88. The first-order valence-corrected chi connectivity index (χ1v) is 6.70. The molecule has 0 aromatic heterocycles. The van der Waals surface area contributed by atoms with Gasteiger partial charge in [-0.15, -0.1) is 0 Å². The minimum Gasteiger partial charge on any atom is -0.377 e. The highest BCUT2D eigenvalue weighted by molar-refractivity contribution is 6.31. The summed E-state index contributed by atoms with van der Waals surface area (Å²) in [4.78, 5) is 2.18. The van der Waals surface area contributed by atoms with Crippen molar-refractivity contribution in [2.75, 3.05) is 26.7 Å². The van der Waals surface area contributed by atoms with Crippen LogP contribution in [-0.2, 0) is 4.74 Å². The largest absolute Gasteiger partial charge is 0.377 e. The van der Waals surface area contributed by atoms with Crippen LogP contribution in [0, 0.1) is 0 Å². The molecule has 0 heterocycles. The maximum absolute atomic E-state index is 6.21. The molecule has 4 heteroatoms. The first-order chi connectivity index (χ1) is 8.56. The van der Waals surface area contributed by atoms with Crippen molar-refractivity contribution in [2.45, 2.75) is 26.0 Å². The van der Waals surface area contributed by atoms with Gasteiger partial charge in [-0.25, -0.2) is 0 Å². The molecule has 0 fully saturated rings. The van der Waals surface area contributed by atoms with E-state index in [0.29, 0.717) is 13.2 Å². The van der Waals surface area contributed by atoms with Crippen LogP contribution in [0.2, 0.25) is 5.02 Å². The third-order valence-corrected chi connectivity index (χ3v) is 3.26. The molecule has 3 nitrogen and oxygen atoms in total. The molecule has 0 saturated carbocycles. The zero-order valence-corrected chi connectivity index (χ0v) is 12.2. The Kier molecular flexibility index (Phi) is 6.65. The number of nitrogens with zero attached hydrogens (tertiary/aromatic N) is 1. The van der Waals surface area contributed by atoms with E-state index in [4.69, 9.17) is 22.1 Å². The van der Waals surface area contributed by atoms with E-state index in [1.807, 2.05) is 45.2 Å². The Morgan fingerprint density at radius 2 is 2.00 bits per heavy atom. The van der Waals surface area contributed by atoms with Crippen molar-refractivity contribution in [2.24, 2.45) is 5.73 Å². The molecule has 0 spiro atoms. The smallest absolute Gasteiger partial charge is 0.0597 e. The minimum atomic E-state index is 0.134. The summed E-state index contributed by atoms with van der Waals surface area (Å²) in [6.45, 7) is 6.16. The van der Waals surface area contributed by atoms with Gasteiger partial charge < -0.3 is 10.5 Å². The lowest BCUT2D eigenvalue weighted by Crippen LogP contribution is -2.33. The number of nitrogens with two attached hydrogens (primary N) is 1. The van der Waals surface area contributed by atoms with Crippen molar-refractivity contribution < 1.29 is 4.74 Å². The number of halogens is 1. The normalized spacial score (nSPS) is 13.3. The molecule has 1 aromatic rings. The number of ether oxygens (including phenoxy) is 1. The van der Waals surface area contributed by atoms with Crippen LogP contribution in [0.1, 0.15) is 25.5 Å². The van der Waals surface area contributed by atoms with Crippen LogP contribution in [0.15, 0.2) is 24.3 Å². The highest BCUT2D eigenvalue weighted by atomic mass is 35.5. The van der Waals surface area contributed by atoms with Crippen LogP contribution >= 0.6 is 11.6 Å². The molecular formula is C14H23ClN2O. The third kappa shape index (κ3) is 4.58. The summed E-state index contributed by atoms with van der Waals surface area (Å²) in [6, 6.07) is 7.98. The van der Waals surface area contributed by atoms with Gasteiger partial charge in [-0.1, -0.05) is 29.8 Å². The fraction of sp³-hybridized carbons (Fsp3) is 0.571. The molecule has 2 N–H and O–H groups in total. The Balaban J connectivity index is 2.63. The lowest BCUT2D eigenvalue weighted by atomic mass is 10.1. The van der Waals surface area contributed by atoms with Crippen LogP contribution < -0.4 is 5.73 Å². The molecule has 1 atom stereocenters. The minimum absolute atomic E-state index is 0.134. The molecular weight excluding hydrogens is 248 g/mol. The van der Waals surface area contributed by atoms with Gasteiger partial charge in [0.15, 0.2) is 0 Å². The number of rotatable bonds is 7. The molecule has 0 saturated heterocycles. The molecule has 0 radical (unpaired) electrons. The standard InChI is InChI=1S/C14H23ClN2O/c1-11(2)18-9-8-17(3)14(10-16)12-6-4-5-7-13(12)15/h4-7,11,14H,8-10,16H2,1-3H3. The second-order valence-electron chi connectivity index (χ2n) is 4.67. The lowest BCUT2D eigenvalue weighted by molar-refractivity contribution is 0.0564. The molecule has 102 valence electrons. The Bertz CT molecular complexity index is 357. The van der Waals surface area contributed by atoms with Gasteiger partial charge >= 0.3 is 0 Å². The summed E-state index contributed by atoms with van der Waals surface area (Å²) in [5.74, 6) is 0. The van der Waals surface area contributed by atoms with Crippen molar-refractivity contribution in [1.29, 1.82) is 0 Å². The molecule has 18 heavy (non-hydrogen) atoms. The highest BCUT2D eigenvalue weighted by Gasteiger charge is 2.17. The number of hydrogen-bond acceptors (Lipinski definition) is 3. The van der Waals surface area contributed by atoms with Crippen LogP contribution in [-0.4, -0.2) is 37.7 Å². The zero-order chi connectivity index (χ0) is 13.5. The zero-order valence-electron chi connectivity index (χ0n) is 11.4. The molecule has 1 aromatic carbocycles. The van der Waals surface area contributed by atoms with Gasteiger partial charge in [0.1, 0.15) is 0 Å². The average molecular weight is 271 g/mol. The molecule has 1 rings (SSSR count). The molecule has 0 aliphatic rings. The summed E-state index contributed by atoms with van der Waals surface area (Å²) in [5.41, 5.74) is 6.94. The Labute approximate surface area is 115 Å². The van der Waals surface area contributed by atoms with Gasteiger partial charge in [-0.05, 0) is 32.5 Å². The summed E-state index contributed by atoms with van der Waals surface area (Å²) in [7, 11) is 2.05. The van der Waals surface area contributed by atoms with E-state index in [2.05, 4.69) is 4.90 Å². The van der Waals surface area contributed by atoms with Crippen LogP contribution in [0.5, 0.6) is 0 Å². The highest BCUT2D eigenvalue weighted by Crippen LogP contribution is 2.25. The first kappa shape index (κ1) is 15.4. The van der Waals surface area contributed by atoms with E-state index in [9.17, 15) is 0 Å². The molecule has 0 amide bonds. The first-order valence-electron chi connectivity index (χ1n) is 6.32. The number of hydrogen-bond donors (Lipinski definition) is 1. The van der Waals surface area contributed by atoms with E-state index in [1.165, 1.54) is 0 Å². The van der Waals surface area contributed by atoms with Crippen molar-refractivity contribution in [3.05, 3.63) is 34.9 Å². The lowest BCUT2D eigenvalue weighted by Gasteiger charge is -2.28. The number of likely N-dealkylation sites (N-methyl/N-ethyl adjacent to an activating group) is 1. The van der Waals surface area contributed by atoms with Crippen molar-refractivity contribution >= 4 is 11.6 Å². The van der Waals surface area contributed by atoms with Crippen LogP contribution in [0.3, 0.4) is 0 Å². The Hall–Kier alpha value is -0.610. The van der Waals surface area contributed by atoms with Crippen LogP contribution in [0.25, 0.3) is 0 Å². The maximum atomic E-state index is 6.21. The summed E-state index contributed by atoms with van der Waals surface area (Å²) >= 11 is 6.21. The van der Waals surface area contributed by atoms with E-state index in [0.717, 1.165) is 17.1 Å². The van der Waals surface area contributed by atoms with Crippen molar-refractivity contribution in [3.63, 3.8) is 0 Å². The summed E-state index contributed by atoms with van der Waals surface area (Å²) in [5, 5.41) is 0.768. The van der Waals surface area contributed by atoms with Gasteiger partial charge in [0.25, 0.3) is 0 Å². The predicted octanol–water partition coefficient (Wildman–Crippen LogP) is 2.70. The second-order valence-corrected chi connectivity index (χ2v) is 5.08. The average Bonchev–Trinajstić information content (AvgIpc) is 2.32. The molecule has 1 unspecified atom stereocenters. The van der Waals surface area contributed by atoms with Crippen molar-refractivity contribution in [1.82, 2.24) is 4.90 Å². The molecule has 0 aliphatic heterocycles. The van der Waals surface area contributed by atoms with E-state index >= 15 is 0 Å². The van der Waals surface area contributed by atoms with E-state index in [1.54, 1.807) is 0 Å². The second kappa shape index (κ2) is 7.74. The third-order valence-electron chi connectivity index (χ3n) is 2.91. The van der Waals surface area contributed by atoms with E-state index in [-0.39, 0.29) is 12.1 Å². The summed E-state index contributed by atoms with van der Waals surface area (Å²) < 4.78 is 5.56. The summed E-state index contributed by atoms with van der Waals surface area (Å²) in [6.07, 6.45) is 0.259. The van der Waals surface area contributed by atoms with Gasteiger partial charge in [-0.3, -0.25) is 4.90 Å². The topological polar surface area (TPSA) is 38.5 Å². The van der Waals surface area contributed by atoms with Gasteiger partial charge in [0, 0.05) is 24.2 Å². The predicted molar refractivity (Wildman–Crippen MR) is 77.0 cm³/mol.